The van der Waals surface area contributed by atoms with Gasteiger partial charge >= 0.3 is 0 Å². The van der Waals surface area contributed by atoms with E-state index in [-0.39, 0.29) is 16.9 Å². The van der Waals surface area contributed by atoms with Crippen molar-refractivity contribution in [2.24, 2.45) is 0 Å². The molecule has 1 aromatic heterocycles. The van der Waals surface area contributed by atoms with E-state index in [2.05, 4.69) is 4.98 Å². The van der Waals surface area contributed by atoms with Crippen molar-refractivity contribution in [3.63, 3.8) is 0 Å². The highest BCUT2D eigenvalue weighted by atomic mass is 16.6. The van der Waals surface area contributed by atoms with E-state index in [1.165, 1.54) is 13.4 Å². The summed E-state index contributed by atoms with van der Waals surface area (Å²) < 4.78 is 1.07. The molecule has 0 saturated heterocycles. The molecule has 0 spiro atoms. The lowest BCUT2D eigenvalue weighted by atomic mass is 10.4. The number of nitrogen functional groups attached to an aromatic ring is 1. The average molecular weight is 165 g/mol. The van der Waals surface area contributed by atoms with Crippen LogP contribution in [0.4, 0.5) is 5.69 Å². The van der Waals surface area contributed by atoms with E-state index in [1.807, 2.05) is 0 Å². The zero-order valence-electron chi connectivity index (χ0n) is 6.40. The Labute approximate surface area is 68.3 Å². The molecule has 0 saturated carbocycles. The first kappa shape index (κ1) is 8.07. The van der Waals surface area contributed by atoms with Gasteiger partial charge < -0.3 is 10.6 Å². The summed E-state index contributed by atoms with van der Waals surface area (Å²) in [5, 5.41) is 15.8. The summed E-state index contributed by atoms with van der Waals surface area (Å²) in [4.78, 5) is 8.36. The number of anilines is 1. The lowest BCUT2D eigenvalue weighted by Gasteiger charge is -2.04. The minimum absolute atomic E-state index is 0.0156. The van der Waals surface area contributed by atoms with E-state index in [9.17, 15) is 0 Å². The monoisotopic (exact) mass is 165 g/mol. The van der Waals surface area contributed by atoms with Crippen LogP contribution in [-0.2, 0) is 0 Å². The molecule has 62 valence electrons. The molecular weight excluding hydrogens is 158 g/mol. The Kier molecular flexibility index (Phi) is 1.96. The van der Waals surface area contributed by atoms with Gasteiger partial charge in [-0.2, -0.15) is 9.99 Å². The third-order valence-electron chi connectivity index (χ3n) is 1.32. The summed E-state index contributed by atoms with van der Waals surface area (Å²) in [6.07, 6.45) is 1.22. The molecule has 0 aliphatic heterocycles. The quantitative estimate of drug-likeness (QED) is 0.550. The maximum Gasteiger partial charge on any atom is 0.188 e. The zero-order chi connectivity index (χ0) is 9.14. The van der Waals surface area contributed by atoms with E-state index in [4.69, 9.17) is 21.2 Å². The Morgan fingerprint density at radius 3 is 3.00 bits per heavy atom. The number of nitriles is 1. The summed E-state index contributed by atoms with van der Waals surface area (Å²) in [6.45, 7) is 0. The van der Waals surface area contributed by atoms with Crippen LogP contribution in [-0.4, -0.2) is 16.8 Å². The lowest BCUT2D eigenvalue weighted by Crippen LogP contribution is -2.28. The van der Waals surface area contributed by atoms with Gasteiger partial charge in [-0.1, -0.05) is 0 Å². The number of aromatic nitrogens is 2. The number of hydrogen-bond donors (Lipinski definition) is 2. The lowest BCUT2D eigenvalue weighted by molar-refractivity contribution is 0.150. The molecular formula is C6H7N5O. The summed E-state index contributed by atoms with van der Waals surface area (Å²) >= 11 is 0. The Morgan fingerprint density at radius 1 is 1.83 bits per heavy atom. The Hall–Kier alpha value is -2.03. The Morgan fingerprint density at radius 2 is 2.50 bits per heavy atom. The van der Waals surface area contributed by atoms with Crippen LogP contribution in [0.3, 0.4) is 0 Å². The van der Waals surface area contributed by atoms with Gasteiger partial charge in [0, 0.05) is 0 Å². The van der Waals surface area contributed by atoms with Crippen LogP contribution in [0.2, 0.25) is 0 Å². The first-order valence-corrected chi connectivity index (χ1v) is 3.07. The molecule has 1 aromatic rings. The third kappa shape index (κ3) is 1.08. The second-order valence-electron chi connectivity index (χ2n) is 1.98. The van der Waals surface area contributed by atoms with E-state index >= 15 is 0 Å². The van der Waals surface area contributed by atoms with Crippen molar-refractivity contribution < 1.29 is 4.84 Å². The largest absolute Gasteiger partial charge is 0.414 e. The van der Waals surface area contributed by atoms with Crippen molar-refractivity contribution in [2.45, 2.75) is 0 Å². The molecule has 12 heavy (non-hydrogen) atoms. The molecule has 0 fully saturated rings. The molecule has 0 aliphatic carbocycles. The molecule has 0 amide bonds. The molecule has 3 N–H and O–H groups in total. The molecule has 0 bridgehead atoms. The number of nitrogens with zero attached hydrogens (tertiary/aromatic N) is 3. The molecule has 0 unspecified atom stereocenters. The van der Waals surface area contributed by atoms with Crippen LogP contribution < -0.4 is 16.1 Å². The summed E-state index contributed by atoms with van der Waals surface area (Å²) in [5.41, 5.74) is 5.37. The molecule has 0 atom stereocenters. The SMILES string of the molecule is COn1cnc(C#N)c(N)c1=N. The number of nitrogens with one attached hydrogen (secondary N) is 1. The van der Waals surface area contributed by atoms with Crippen molar-refractivity contribution in [3.8, 4) is 6.07 Å². The Bertz CT molecular complexity index is 388. The van der Waals surface area contributed by atoms with Crippen LogP contribution in [0.5, 0.6) is 0 Å². The smallest absolute Gasteiger partial charge is 0.188 e. The van der Waals surface area contributed by atoms with Gasteiger partial charge in [0.2, 0.25) is 0 Å². The predicted octanol–water partition coefficient (Wildman–Crippen LogP) is -1.13. The van der Waals surface area contributed by atoms with Gasteiger partial charge in [-0.05, 0) is 0 Å². The first-order valence-electron chi connectivity index (χ1n) is 3.07. The van der Waals surface area contributed by atoms with Crippen LogP contribution in [0, 0.1) is 16.7 Å². The normalized spacial score (nSPS) is 9.00. The van der Waals surface area contributed by atoms with Gasteiger partial charge in [0.1, 0.15) is 25.2 Å². The Balaban J connectivity index is 3.43. The van der Waals surface area contributed by atoms with Gasteiger partial charge in [-0.25, -0.2) is 4.98 Å². The number of nitrogens with two attached hydrogens (primary N) is 1. The fourth-order valence-electron chi connectivity index (χ4n) is 0.696. The van der Waals surface area contributed by atoms with Gasteiger partial charge in [-0.3, -0.25) is 5.41 Å². The maximum atomic E-state index is 8.48. The van der Waals surface area contributed by atoms with Gasteiger partial charge in [0.25, 0.3) is 0 Å². The van der Waals surface area contributed by atoms with Crippen molar-refractivity contribution in [1.29, 1.82) is 10.7 Å². The number of hydrogen-bond acceptors (Lipinski definition) is 5. The summed E-state index contributed by atoms with van der Waals surface area (Å²) in [5.74, 6) is 0. The maximum absolute atomic E-state index is 8.48. The molecule has 1 heterocycles. The fraction of sp³-hybridized carbons (Fsp3) is 0.167. The van der Waals surface area contributed by atoms with E-state index in [0.717, 1.165) is 4.73 Å². The highest BCUT2D eigenvalue weighted by Gasteiger charge is 2.03. The van der Waals surface area contributed by atoms with Crippen molar-refractivity contribution in [1.82, 2.24) is 9.71 Å². The highest BCUT2D eigenvalue weighted by Crippen LogP contribution is 1.96. The second-order valence-corrected chi connectivity index (χ2v) is 1.98. The summed E-state index contributed by atoms with van der Waals surface area (Å²) in [7, 11) is 1.38. The standard InChI is InChI=1S/C6H7N5O/c1-12-11-3-10-4(2-7)5(8)6(11)9/h3,9H,8H2,1H3. The van der Waals surface area contributed by atoms with E-state index < -0.39 is 0 Å². The molecule has 0 aliphatic rings. The van der Waals surface area contributed by atoms with Crippen molar-refractivity contribution in [2.75, 3.05) is 12.8 Å². The van der Waals surface area contributed by atoms with E-state index in [0.29, 0.717) is 0 Å². The fourth-order valence-corrected chi connectivity index (χ4v) is 0.696. The molecule has 0 aromatic carbocycles. The summed E-state index contributed by atoms with van der Waals surface area (Å²) in [6, 6.07) is 1.76. The number of rotatable bonds is 1. The molecule has 6 heteroatoms. The van der Waals surface area contributed by atoms with Gasteiger partial charge in [-0.15, -0.1) is 0 Å². The van der Waals surface area contributed by atoms with Crippen LogP contribution in [0.25, 0.3) is 0 Å². The van der Waals surface area contributed by atoms with Crippen LogP contribution >= 0.6 is 0 Å². The zero-order valence-corrected chi connectivity index (χ0v) is 6.40. The minimum Gasteiger partial charge on any atom is -0.414 e. The van der Waals surface area contributed by atoms with Crippen molar-refractivity contribution >= 4 is 5.69 Å². The van der Waals surface area contributed by atoms with E-state index in [1.54, 1.807) is 6.07 Å². The van der Waals surface area contributed by atoms with Crippen molar-refractivity contribution in [3.05, 3.63) is 17.5 Å². The predicted molar refractivity (Wildman–Crippen MR) is 39.7 cm³/mol. The molecule has 6 nitrogen and oxygen atoms in total. The molecule has 1 rings (SSSR count). The highest BCUT2D eigenvalue weighted by molar-refractivity contribution is 5.46. The van der Waals surface area contributed by atoms with Gasteiger partial charge in [0.15, 0.2) is 11.2 Å². The average Bonchev–Trinajstić information content (AvgIpc) is 2.10. The van der Waals surface area contributed by atoms with Crippen LogP contribution in [0.1, 0.15) is 5.69 Å². The molecule has 0 radical (unpaired) electrons. The third-order valence-corrected chi connectivity index (χ3v) is 1.32. The first-order chi connectivity index (χ1) is 5.70. The topological polar surface area (TPSA) is 101 Å². The van der Waals surface area contributed by atoms with Crippen LogP contribution in [0.15, 0.2) is 6.33 Å². The van der Waals surface area contributed by atoms with Gasteiger partial charge in [0.05, 0.1) is 0 Å². The second kappa shape index (κ2) is 2.92. The minimum atomic E-state index is -0.0796.